The maximum absolute atomic E-state index is 13.3. The number of hydrogen-bond donors (Lipinski definition) is 3. The summed E-state index contributed by atoms with van der Waals surface area (Å²) in [6, 6.07) is 12.5. The summed E-state index contributed by atoms with van der Waals surface area (Å²) in [7, 11) is 0. The van der Waals surface area contributed by atoms with E-state index in [0.29, 0.717) is 24.3 Å². The van der Waals surface area contributed by atoms with Crippen LogP contribution in [0.25, 0.3) is 11.1 Å². The molecule has 2 rings (SSSR count). The number of benzene rings is 2. The lowest BCUT2D eigenvalue weighted by Gasteiger charge is -2.35. The molecule has 208 valence electrons. The number of hydrogen-bond acceptors (Lipinski definition) is 5. The highest BCUT2D eigenvalue weighted by Crippen LogP contribution is 2.28. The Labute approximate surface area is 231 Å². The Morgan fingerprint density at radius 2 is 1.66 bits per heavy atom. The molecule has 0 aliphatic heterocycles. The summed E-state index contributed by atoms with van der Waals surface area (Å²) in [5.74, 6) is -0.704. The van der Waals surface area contributed by atoms with E-state index in [4.69, 9.17) is 0 Å². The van der Waals surface area contributed by atoms with Gasteiger partial charge >= 0.3 is 11.9 Å². The molecule has 1 atom stereocenters. The molecule has 0 heterocycles. The summed E-state index contributed by atoms with van der Waals surface area (Å²) < 4.78 is 0.235. The zero-order chi connectivity index (χ0) is 28.1. The Morgan fingerprint density at radius 3 is 2.21 bits per heavy atom. The minimum atomic E-state index is -1.04. The largest absolute Gasteiger partial charge is 0.480 e. The lowest BCUT2D eigenvalue weighted by Crippen LogP contribution is -2.61. The quantitative estimate of drug-likeness (QED) is 0.190. The minimum Gasteiger partial charge on any atom is -0.480 e. The van der Waals surface area contributed by atoms with Gasteiger partial charge in [-0.1, -0.05) is 57.0 Å². The summed E-state index contributed by atoms with van der Waals surface area (Å²) in [5.41, 5.74) is 7.60. The van der Waals surface area contributed by atoms with Crippen molar-refractivity contribution in [3.05, 3.63) is 59.2 Å². The molecule has 2 aromatic carbocycles. The van der Waals surface area contributed by atoms with Crippen LogP contribution >= 0.6 is 11.8 Å². The number of quaternary nitrogens is 1. The van der Waals surface area contributed by atoms with Crippen molar-refractivity contribution < 1.29 is 24.1 Å². The van der Waals surface area contributed by atoms with Gasteiger partial charge in [-0.05, 0) is 72.6 Å². The molecule has 0 spiro atoms. The fourth-order valence-corrected chi connectivity index (χ4v) is 4.99. The molecule has 0 saturated heterocycles. The number of aliphatic carboxylic acids is 1. The highest BCUT2D eigenvalue weighted by atomic mass is 32.2. The van der Waals surface area contributed by atoms with Crippen LogP contribution in [-0.2, 0) is 16.1 Å². The van der Waals surface area contributed by atoms with Crippen LogP contribution in [0.1, 0.15) is 74.4 Å². The maximum atomic E-state index is 13.3. The first-order valence-corrected chi connectivity index (χ1v) is 14.9. The summed E-state index contributed by atoms with van der Waals surface area (Å²) in [5, 5.41) is 12.3. The van der Waals surface area contributed by atoms with Crippen molar-refractivity contribution in [3.8, 4) is 11.1 Å². The van der Waals surface area contributed by atoms with Gasteiger partial charge in [0, 0.05) is 5.56 Å². The third-order valence-corrected chi connectivity index (χ3v) is 7.60. The fourth-order valence-electron chi connectivity index (χ4n) is 4.52. The molecule has 0 radical (unpaired) electrons. The number of amides is 2. The fraction of sp³-hybridized carbons (Fsp3) is 0.500. The lowest BCUT2D eigenvalue weighted by atomic mass is 9.93. The number of carboxylic acids is 1. The number of nitrogens with zero attached hydrogens (tertiary/aromatic N) is 1. The minimum absolute atomic E-state index is 0.104. The number of aryl methyl sites for hydroxylation is 1. The molecular formula is C30H44N3O4S+. The highest BCUT2D eigenvalue weighted by Gasteiger charge is 2.32. The molecule has 0 fully saturated rings. The van der Waals surface area contributed by atoms with Gasteiger partial charge < -0.3 is 10.4 Å². The molecule has 0 aliphatic rings. The van der Waals surface area contributed by atoms with E-state index in [1.165, 1.54) is 0 Å². The Morgan fingerprint density at radius 1 is 1.00 bits per heavy atom. The van der Waals surface area contributed by atoms with E-state index in [2.05, 4.69) is 24.6 Å². The van der Waals surface area contributed by atoms with Crippen LogP contribution in [0, 0.1) is 6.92 Å². The zero-order valence-electron chi connectivity index (χ0n) is 23.5. The van der Waals surface area contributed by atoms with Gasteiger partial charge in [0.05, 0.1) is 13.5 Å². The number of carboxylic acid groups (broad SMARTS) is 1. The first-order chi connectivity index (χ1) is 18.2. The zero-order valence-corrected chi connectivity index (χ0v) is 24.3. The molecule has 0 unspecified atom stereocenters. The molecule has 0 bridgehead atoms. The third kappa shape index (κ3) is 8.68. The van der Waals surface area contributed by atoms with Crippen LogP contribution in [0.2, 0.25) is 0 Å². The highest BCUT2D eigenvalue weighted by molar-refractivity contribution is 7.98. The molecule has 38 heavy (non-hydrogen) atoms. The second-order valence-corrected chi connectivity index (χ2v) is 10.8. The first-order valence-electron chi connectivity index (χ1n) is 13.5. The third-order valence-electron chi connectivity index (χ3n) is 6.95. The second-order valence-electron chi connectivity index (χ2n) is 9.82. The molecule has 2 aromatic rings. The predicted molar refractivity (Wildman–Crippen MR) is 156 cm³/mol. The van der Waals surface area contributed by atoms with Crippen LogP contribution in [0.3, 0.4) is 0 Å². The molecule has 3 N–H and O–H groups in total. The van der Waals surface area contributed by atoms with E-state index < -0.39 is 17.9 Å². The van der Waals surface area contributed by atoms with Crippen molar-refractivity contribution in [2.45, 2.75) is 72.4 Å². The van der Waals surface area contributed by atoms with Crippen molar-refractivity contribution >= 4 is 29.5 Å². The van der Waals surface area contributed by atoms with Gasteiger partial charge in [-0.15, -0.1) is 0 Å². The van der Waals surface area contributed by atoms with Crippen LogP contribution < -0.4 is 10.7 Å². The Kier molecular flexibility index (Phi) is 13.0. The summed E-state index contributed by atoms with van der Waals surface area (Å²) in [4.78, 5) is 37.9. The van der Waals surface area contributed by atoms with Crippen LogP contribution in [-0.4, -0.2) is 58.6 Å². The average molecular weight is 543 g/mol. The number of rotatable bonds is 16. The van der Waals surface area contributed by atoms with E-state index in [1.54, 1.807) is 24.8 Å². The van der Waals surface area contributed by atoms with Crippen molar-refractivity contribution in [2.75, 3.05) is 25.1 Å². The van der Waals surface area contributed by atoms with Crippen molar-refractivity contribution in [1.29, 1.82) is 0 Å². The number of unbranched alkanes of at least 4 members (excludes halogenated alkanes) is 2. The van der Waals surface area contributed by atoms with Crippen LogP contribution in [0.15, 0.2) is 42.5 Å². The first kappa shape index (κ1) is 31.5. The van der Waals surface area contributed by atoms with E-state index in [1.807, 2.05) is 49.6 Å². The lowest BCUT2D eigenvalue weighted by molar-refractivity contribution is -0.900. The number of thioether (sulfide) groups is 1. The smallest absolute Gasteiger partial charge is 0.329 e. The molecule has 2 amide bonds. The molecular weight excluding hydrogens is 498 g/mol. The molecule has 7 nitrogen and oxygen atoms in total. The Balaban J connectivity index is 2.44. The number of carbonyl (C=O) groups excluding carboxylic acids is 2. The standard InChI is InChI=1S/C30H43N3O4S/c1-6-8-17-33(23(4)34,18-9-7-2)31-21-24-14-15-26(27(20-24)25-13-11-10-12-22(25)3)29(35)32-28(30(36)37)16-19-38-5/h10-15,20,28,31H,6-9,16-19,21H2,1-5H3,(H-,32,35,36,37)/p+1/t28-/m0/s1. The SMILES string of the molecule is CCCC[N+](CCCC)(NCc1ccc(C(=O)N[C@@H](CCSC)C(=O)O)c(-c2ccccc2C)c1)C(C)=O. The second kappa shape index (κ2) is 15.7. The number of carbonyl (C=O) groups is 3. The van der Waals surface area contributed by atoms with E-state index in [-0.39, 0.29) is 10.5 Å². The Bertz CT molecular complexity index is 1080. The van der Waals surface area contributed by atoms with Crippen molar-refractivity contribution in [1.82, 2.24) is 10.7 Å². The van der Waals surface area contributed by atoms with Crippen molar-refractivity contribution in [2.24, 2.45) is 0 Å². The van der Waals surface area contributed by atoms with Gasteiger partial charge in [-0.2, -0.15) is 21.8 Å². The van der Waals surface area contributed by atoms with Gasteiger partial charge in [0.2, 0.25) is 0 Å². The molecule has 0 aromatic heterocycles. The van der Waals surface area contributed by atoms with Gasteiger partial charge in [-0.3, -0.25) is 4.79 Å². The summed E-state index contributed by atoms with van der Waals surface area (Å²) in [6.07, 6.45) is 6.18. The summed E-state index contributed by atoms with van der Waals surface area (Å²) >= 11 is 1.55. The normalized spacial score (nSPS) is 12.2. The van der Waals surface area contributed by atoms with Crippen molar-refractivity contribution in [3.63, 3.8) is 0 Å². The monoisotopic (exact) mass is 542 g/mol. The average Bonchev–Trinajstić information content (AvgIpc) is 2.90. The summed E-state index contributed by atoms with van der Waals surface area (Å²) in [6.45, 7) is 9.85. The van der Waals surface area contributed by atoms with Gasteiger partial charge in [-0.25, -0.2) is 9.59 Å². The van der Waals surface area contributed by atoms with E-state index in [0.717, 1.165) is 61.0 Å². The van der Waals surface area contributed by atoms with Gasteiger partial charge in [0.1, 0.15) is 19.1 Å². The maximum Gasteiger partial charge on any atom is 0.329 e. The van der Waals surface area contributed by atoms with Gasteiger partial charge in [0.25, 0.3) is 5.91 Å². The number of nitrogens with one attached hydrogen (secondary N) is 2. The van der Waals surface area contributed by atoms with E-state index in [9.17, 15) is 19.5 Å². The molecule has 8 heteroatoms. The topological polar surface area (TPSA) is 95.5 Å². The van der Waals surface area contributed by atoms with Crippen LogP contribution in [0.5, 0.6) is 0 Å². The van der Waals surface area contributed by atoms with Gasteiger partial charge in [0.15, 0.2) is 0 Å². The molecule has 0 saturated carbocycles. The van der Waals surface area contributed by atoms with Crippen LogP contribution in [0.4, 0.5) is 0 Å². The Hall–Kier alpha value is -2.68. The predicted octanol–water partition coefficient (Wildman–Crippen LogP) is 5.57. The molecule has 0 aliphatic carbocycles. The van der Waals surface area contributed by atoms with E-state index >= 15 is 0 Å².